The summed E-state index contributed by atoms with van der Waals surface area (Å²) in [6.07, 6.45) is 1.17. The van der Waals surface area contributed by atoms with Gasteiger partial charge in [-0.25, -0.2) is 0 Å². The van der Waals surface area contributed by atoms with Crippen molar-refractivity contribution in [2.45, 2.75) is 25.8 Å². The molecule has 0 radical (unpaired) electrons. The molecule has 4 rings (SSSR count). The molecule has 1 amide bonds. The highest BCUT2D eigenvalue weighted by atomic mass is 16.3. The molecule has 128 valence electrons. The fraction of sp³-hybridized carbons (Fsp3) is 0.300. The number of nitrogens with zero attached hydrogens (tertiary/aromatic N) is 1. The Morgan fingerprint density at radius 1 is 1.28 bits per heavy atom. The number of carbonyl (C=O) groups is 1. The lowest BCUT2D eigenvalue weighted by atomic mass is 10.1. The summed E-state index contributed by atoms with van der Waals surface area (Å²) < 4.78 is 5.86. The molecule has 3 aromatic rings. The third-order valence-corrected chi connectivity index (χ3v) is 4.88. The van der Waals surface area contributed by atoms with Gasteiger partial charge in [-0.05, 0) is 42.0 Å². The molecule has 2 aromatic heterocycles. The van der Waals surface area contributed by atoms with Crippen molar-refractivity contribution in [3.8, 4) is 0 Å². The summed E-state index contributed by atoms with van der Waals surface area (Å²) in [7, 11) is 1.71. The molecule has 5 nitrogen and oxygen atoms in total. The number of aromatic amines is 1. The Morgan fingerprint density at radius 3 is 2.80 bits per heavy atom. The smallest absolute Gasteiger partial charge is 0.270 e. The molecule has 25 heavy (non-hydrogen) atoms. The van der Waals surface area contributed by atoms with Gasteiger partial charge >= 0.3 is 0 Å². The monoisotopic (exact) mass is 336 g/mol. The minimum absolute atomic E-state index is 0.236. The predicted molar refractivity (Wildman–Crippen MR) is 95.6 cm³/mol. The Labute approximate surface area is 145 Å². The van der Waals surface area contributed by atoms with Gasteiger partial charge in [0.2, 0.25) is 0 Å². The number of hydrogen-bond donors (Lipinski definition) is 1. The summed E-state index contributed by atoms with van der Waals surface area (Å²) in [6, 6.07) is 12.9. The van der Waals surface area contributed by atoms with Crippen molar-refractivity contribution in [1.29, 1.82) is 0 Å². The van der Waals surface area contributed by atoms with Gasteiger partial charge in [0.1, 0.15) is 17.2 Å². The number of furan rings is 1. The van der Waals surface area contributed by atoms with Crippen LogP contribution >= 0.6 is 0 Å². The Bertz CT molecular complexity index is 1000. The predicted octanol–water partition coefficient (Wildman–Crippen LogP) is 3.52. The van der Waals surface area contributed by atoms with Crippen LogP contribution in [0.3, 0.4) is 0 Å². The second kappa shape index (κ2) is 5.92. The largest absolute Gasteiger partial charge is 0.464 e. The van der Waals surface area contributed by atoms with E-state index in [0.29, 0.717) is 23.8 Å². The van der Waals surface area contributed by atoms with E-state index in [0.717, 1.165) is 16.9 Å². The molecule has 0 aliphatic heterocycles. The first-order valence-corrected chi connectivity index (χ1v) is 8.49. The number of H-pyrrole nitrogens is 1. The van der Waals surface area contributed by atoms with E-state index in [4.69, 9.17) is 4.42 Å². The van der Waals surface area contributed by atoms with Crippen molar-refractivity contribution >= 4 is 16.7 Å². The Morgan fingerprint density at radius 2 is 2.04 bits per heavy atom. The molecular formula is C20H20N2O3. The van der Waals surface area contributed by atoms with E-state index >= 15 is 0 Å². The standard InChI is InChI=1S/C20H20N2O3/c1-12-9-16(12)18-8-7-14(25-18)11-22(2)20(24)17-10-13-5-3-4-6-15(13)19(23)21-17/h3-8,10,12,16H,9,11H2,1-2H3,(H,21,23). The minimum atomic E-state index is -0.252. The number of amides is 1. The summed E-state index contributed by atoms with van der Waals surface area (Å²) in [5, 5.41) is 1.34. The van der Waals surface area contributed by atoms with Crippen molar-refractivity contribution in [3.63, 3.8) is 0 Å². The number of aromatic nitrogens is 1. The molecule has 0 spiro atoms. The molecular weight excluding hydrogens is 316 g/mol. The van der Waals surface area contributed by atoms with Gasteiger partial charge in [0, 0.05) is 18.4 Å². The molecule has 2 heterocycles. The van der Waals surface area contributed by atoms with Crippen LogP contribution in [0.25, 0.3) is 10.8 Å². The van der Waals surface area contributed by atoms with Crippen molar-refractivity contribution in [3.05, 3.63) is 70.0 Å². The van der Waals surface area contributed by atoms with Gasteiger partial charge in [0.15, 0.2) is 0 Å². The van der Waals surface area contributed by atoms with Gasteiger partial charge in [-0.15, -0.1) is 0 Å². The molecule has 1 N–H and O–H groups in total. The van der Waals surface area contributed by atoms with Crippen LogP contribution < -0.4 is 5.56 Å². The lowest BCUT2D eigenvalue weighted by Gasteiger charge is -2.16. The second-order valence-corrected chi connectivity index (χ2v) is 6.88. The van der Waals surface area contributed by atoms with Crippen molar-refractivity contribution in [2.24, 2.45) is 5.92 Å². The van der Waals surface area contributed by atoms with Crippen LogP contribution in [0.1, 0.15) is 41.3 Å². The van der Waals surface area contributed by atoms with E-state index < -0.39 is 0 Å². The van der Waals surface area contributed by atoms with Crippen molar-refractivity contribution < 1.29 is 9.21 Å². The van der Waals surface area contributed by atoms with Crippen LogP contribution in [0.15, 0.2) is 51.7 Å². The number of pyridine rings is 1. The van der Waals surface area contributed by atoms with Crippen LogP contribution in [-0.2, 0) is 6.54 Å². The summed E-state index contributed by atoms with van der Waals surface area (Å²) in [5.41, 5.74) is 0.0339. The van der Waals surface area contributed by atoms with Gasteiger partial charge in [-0.1, -0.05) is 25.1 Å². The molecule has 0 saturated heterocycles. The van der Waals surface area contributed by atoms with E-state index in [1.165, 1.54) is 6.42 Å². The van der Waals surface area contributed by atoms with Gasteiger partial charge in [0.05, 0.1) is 6.54 Å². The number of fused-ring (bicyclic) bond motifs is 1. The minimum Gasteiger partial charge on any atom is -0.464 e. The zero-order valence-electron chi connectivity index (χ0n) is 14.3. The third kappa shape index (κ3) is 2.97. The van der Waals surface area contributed by atoms with Crippen LogP contribution in [0.5, 0.6) is 0 Å². The van der Waals surface area contributed by atoms with Crippen molar-refractivity contribution in [2.75, 3.05) is 7.05 Å². The lowest BCUT2D eigenvalue weighted by molar-refractivity contribution is 0.0769. The van der Waals surface area contributed by atoms with E-state index in [-0.39, 0.29) is 17.2 Å². The van der Waals surface area contributed by atoms with E-state index in [1.807, 2.05) is 24.3 Å². The van der Waals surface area contributed by atoms with Gasteiger partial charge in [-0.2, -0.15) is 0 Å². The first-order chi connectivity index (χ1) is 12.0. The number of benzene rings is 1. The normalized spacial score (nSPS) is 19.1. The fourth-order valence-corrected chi connectivity index (χ4v) is 3.23. The Hall–Kier alpha value is -2.82. The second-order valence-electron chi connectivity index (χ2n) is 6.88. The first-order valence-electron chi connectivity index (χ1n) is 8.49. The van der Waals surface area contributed by atoms with E-state index in [9.17, 15) is 9.59 Å². The zero-order valence-corrected chi connectivity index (χ0v) is 14.3. The summed E-state index contributed by atoms with van der Waals surface area (Å²) in [6.45, 7) is 2.58. The molecule has 2 atom stereocenters. The number of nitrogens with one attached hydrogen (secondary N) is 1. The Balaban J connectivity index is 1.54. The lowest BCUT2D eigenvalue weighted by Crippen LogP contribution is -2.28. The highest BCUT2D eigenvalue weighted by molar-refractivity contribution is 5.96. The molecule has 1 saturated carbocycles. The average Bonchev–Trinajstić information content (AvgIpc) is 3.15. The van der Waals surface area contributed by atoms with Gasteiger partial charge in [-0.3, -0.25) is 9.59 Å². The molecule has 1 fully saturated rings. The highest BCUT2D eigenvalue weighted by Crippen LogP contribution is 2.47. The fourth-order valence-electron chi connectivity index (χ4n) is 3.23. The van der Waals surface area contributed by atoms with Gasteiger partial charge in [0.25, 0.3) is 11.5 Å². The molecule has 5 heteroatoms. The van der Waals surface area contributed by atoms with Crippen LogP contribution in [-0.4, -0.2) is 22.8 Å². The molecule has 0 bridgehead atoms. The maximum atomic E-state index is 12.7. The zero-order chi connectivity index (χ0) is 17.6. The first kappa shape index (κ1) is 15.7. The number of rotatable bonds is 4. The number of hydrogen-bond acceptors (Lipinski definition) is 3. The third-order valence-electron chi connectivity index (χ3n) is 4.88. The van der Waals surface area contributed by atoms with Crippen LogP contribution in [0.2, 0.25) is 0 Å². The average molecular weight is 336 g/mol. The Kier molecular flexibility index (Phi) is 3.71. The molecule has 1 aromatic carbocycles. The van der Waals surface area contributed by atoms with E-state index in [2.05, 4.69) is 11.9 Å². The topological polar surface area (TPSA) is 66.3 Å². The molecule has 1 aliphatic rings. The summed E-state index contributed by atoms with van der Waals surface area (Å²) in [4.78, 5) is 29.1. The van der Waals surface area contributed by atoms with Crippen molar-refractivity contribution in [1.82, 2.24) is 9.88 Å². The quantitative estimate of drug-likeness (QED) is 0.793. The maximum Gasteiger partial charge on any atom is 0.270 e. The summed E-state index contributed by atoms with van der Waals surface area (Å²) >= 11 is 0. The molecule has 2 unspecified atom stereocenters. The van der Waals surface area contributed by atoms with Crippen LogP contribution in [0.4, 0.5) is 0 Å². The SMILES string of the molecule is CC1CC1c1ccc(CN(C)C(=O)c2cc3ccccc3c(=O)[nH]2)o1. The summed E-state index contributed by atoms with van der Waals surface area (Å²) in [5.74, 6) is 2.73. The maximum absolute atomic E-state index is 12.7. The molecule has 1 aliphatic carbocycles. The van der Waals surface area contributed by atoms with Gasteiger partial charge < -0.3 is 14.3 Å². The number of carbonyl (C=O) groups excluding carboxylic acids is 1. The highest BCUT2D eigenvalue weighted by Gasteiger charge is 2.36. The van der Waals surface area contributed by atoms with E-state index in [1.54, 1.807) is 30.1 Å². The van der Waals surface area contributed by atoms with Crippen LogP contribution in [0, 0.1) is 5.92 Å².